The van der Waals surface area contributed by atoms with Crippen molar-refractivity contribution >= 4 is 12.0 Å². The van der Waals surface area contributed by atoms with E-state index in [0.29, 0.717) is 5.56 Å². The van der Waals surface area contributed by atoms with E-state index in [0.717, 1.165) is 5.56 Å². The Balaban J connectivity index is 3.15. The Morgan fingerprint density at radius 1 is 1.50 bits per heavy atom. The summed E-state index contributed by atoms with van der Waals surface area (Å²) < 4.78 is 0. The Labute approximate surface area is 82.9 Å². The molecule has 2 nitrogen and oxygen atoms in total. The lowest BCUT2D eigenvalue weighted by atomic mass is 10.1. The maximum Gasteiger partial charge on any atom is 0.331 e. The molecule has 70 valence electrons. The Kier molecular flexibility index (Phi) is 3.09. The molecule has 1 N–H and O–H groups in total. The summed E-state index contributed by atoms with van der Waals surface area (Å²) in [6.07, 6.45) is 6.84. The largest absolute Gasteiger partial charge is 0.478 e. The van der Waals surface area contributed by atoms with Gasteiger partial charge in [-0.3, -0.25) is 0 Å². The lowest BCUT2D eigenvalue weighted by Crippen LogP contribution is -1.96. The zero-order valence-electron chi connectivity index (χ0n) is 7.82. The number of carboxylic acid groups (broad SMARTS) is 1. The van der Waals surface area contributed by atoms with Crippen molar-refractivity contribution in [3.05, 3.63) is 41.0 Å². The maximum atomic E-state index is 10.6. The van der Waals surface area contributed by atoms with Crippen LogP contribution in [0.2, 0.25) is 0 Å². The number of benzene rings is 1. The topological polar surface area (TPSA) is 37.3 Å². The summed E-state index contributed by atoms with van der Waals surface area (Å²) in [5.74, 6) is 1.57. The Bertz CT molecular complexity index is 422. The average molecular weight is 186 g/mol. The molecule has 0 amide bonds. The predicted octanol–water partition coefficient (Wildman–Crippen LogP) is 2.16. The van der Waals surface area contributed by atoms with Gasteiger partial charge in [0.1, 0.15) is 0 Å². The second-order valence-corrected chi connectivity index (χ2v) is 2.86. The van der Waals surface area contributed by atoms with Gasteiger partial charge < -0.3 is 5.11 Å². The first-order valence-electron chi connectivity index (χ1n) is 4.12. The molecular formula is C12H10O2. The number of hydrogen-bond acceptors (Lipinski definition) is 1. The van der Waals surface area contributed by atoms with E-state index in [1.165, 1.54) is 6.92 Å². The summed E-state index contributed by atoms with van der Waals surface area (Å²) in [6.45, 7) is 1.54. The zero-order valence-corrected chi connectivity index (χ0v) is 7.82. The van der Waals surface area contributed by atoms with Gasteiger partial charge in [0.25, 0.3) is 0 Å². The SMILES string of the molecule is C#Cc1ccccc1/C=C(\C)C(=O)O. The number of rotatable bonds is 2. The van der Waals surface area contributed by atoms with Crippen LogP contribution in [0.1, 0.15) is 18.1 Å². The average Bonchev–Trinajstić information content (AvgIpc) is 2.18. The van der Waals surface area contributed by atoms with Crippen LogP contribution in [0.5, 0.6) is 0 Å². The summed E-state index contributed by atoms with van der Waals surface area (Å²) in [7, 11) is 0. The first-order chi connectivity index (χ1) is 6.65. The van der Waals surface area contributed by atoms with Crippen LogP contribution in [-0.2, 0) is 4.79 Å². The molecule has 1 aromatic carbocycles. The van der Waals surface area contributed by atoms with E-state index < -0.39 is 5.97 Å². The highest BCUT2D eigenvalue weighted by Gasteiger charge is 2.01. The van der Waals surface area contributed by atoms with Gasteiger partial charge in [-0.2, -0.15) is 0 Å². The van der Waals surface area contributed by atoms with Gasteiger partial charge in [0.15, 0.2) is 0 Å². The van der Waals surface area contributed by atoms with E-state index in [9.17, 15) is 4.79 Å². The van der Waals surface area contributed by atoms with Crippen molar-refractivity contribution in [3.63, 3.8) is 0 Å². The van der Waals surface area contributed by atoms with Crippen molar-refractivity contribution in [2.24, 2.45) is 0 Å². The predicted molar refractivity (Wildman–Crippen MR) is 55.7 cm³/mol. The molecule has 0 aliphatic heterocycles. The second kappa shape index (κ2) is 4.29. The molecule has 0 bridgehead atoms. The molecule has 0 aliphatic rings. The monoisotopic (exact) mass is 186 g/mol. The smallest absolute Gasteiger partial charge is 0.331 e. The fourth-order valence-corrected chi connectivity index (χ4v) is 1.05. The lowest BCUT2D eigenvalue weighted by molar-refractivity contribution is -0.132. The molecule has 14 heavy (non-hydrogen) atoms. The second-order valence-electron chi connectivity index (χ2n) is 2.86. The van der Waals surface area contributed by atoms with Gasteiger partial charge in [-0.25, -0.2) is 4.79 Å². The Hall–Kier alpha value is -2.01. The highest BCUT2D eigenvalue weighted by Crippen LogP contribution is 2.11. The summed E-state index contributed by atoms with van der Waals surface area (Å²) in [6, 6.07) is 7.22. The number of terminal acetylenes is 1. The molecule has 0 heterocycles. The molecule has 0 fully saturated rings. The summed E-state index contributed by atoms with van der Waals surface area (Å²) in [5.41, 5.74) is 1.73. The molecular weight excluding hydrogens is 176 g/mol. The highest BCUT2D eigenvalue weighted by atomic mass is 16.4. The molecule has 0 aromatic heterocycles. The fraction of sp³-hybridized carbons (Fsp3) is 0.0833. The molecule has 0 aliphatic carbocycles. The number of hydrogen-bond donors (Lipinski definition) is 1. The summed E-state index contributed by atoms with van der Waals surface area (Å²) >= 11 is 0. The highest BCUT2D eigenvalue weighted by molar-refractivity contribution is 5.91. The van der Waals surface area contributed by atoms with Crippen LogP contribution in [-0.4, -0.2) is 11.1 Å². The van der Waals surface area contributed by atoms with Gasteiger partial charge in [0, 0.05) is 11.1 Å². The van der Waals surface area contributed by atoms with Crippen LogP contribution in [0.4, 0.5) is 0 Å². The van der Waals surface area contributed by atoms with E-state index in [-0.39, 0.29) is 5.57 Å². The first kappa shape index (κ1) is 10.1. The third kappa shape index (κ3) is 2.24. The van der Waals surface area contributed by atoms with Crippen molar-refractivity contribution in [2.45, 2.75) is 6.92 Å². The van der Waals surface area contributed by atoms with Crippen LogP contribution in [0.25, 0.3) is 6.08 Å². The third-order valence-corrected chi connectivity index (χ3v) is 1.83. The molecule has 1 rings (SSSR count). The van der Waals surface area contributed by atoms with Gasteiger partial charge in [-0.1, -0.05) is 24.1 Å². The van der Waals surface area contributed by atoms with Crippen LogP contribution in [0.15, 0.2) is 29.8 Å². The minimum Gasteiger partial charge on any atom is -0.478 e. The number of carboxylic acids is 1. The molecule has 0 saturated heterocycles. The molecule has 2 heteroatoms. The zero-order chi connectivity index (χ0) is 10.6. The standard InChI is InChI=1S/C12H10O2/c1-3-10-6-4-5-7-11(10)8-9(2)12(13)14/h1,4-8H,2H3,(H,13,14)/b9-8+. The van der Waals surface area contributed by atoms with E-state index >= 15 is 0 Å². The van der Waals surface area contributed by atoms with Crippen LogP contribution in [0.3, 0.4) is 0 Å². The van der Waals surface area contributed by atoms with Gasteiger partial charge in [0.05, 0.1) is 0 Å². The van der Waals surface area contributed by atoms with Gasteiger partial charge >= 0.3 is 5.97 Å². The molecule has 0 radical (unpaired) electrons. The van der Waals surface area contributed by atoms with E-state index in [1.54, 1.807) is 18.2 Å². The van der Waals surface area contributed by atoms with Crippen molar-refractivity contribution in [3.8, 4) is 12.3 Å². The lowest BCUT2D eigenvalue weighted by Gasteiger charge is -1.98. The normalized spacial score (nSPS) is 10.7. The minimum absolute atomic E-state index is 0.271. The van der Waals surface area contributed by atoms with Gasteiger partial charge in [-0.15, -0.1) is 6.42 Å². The Morgan fingerprint density at radius 2 is 2.14 bits per heavy atom. The van der Waals surface area contributed by atoms with Gasteiger partial charge in [-0.05, 0) is 24.6 Å². The molecule has 0 spiro atoms. The fourth-order valence-electron chi connectivity index (χ4n) is 1.05. The number of aliphatic carboxylic acids is 1. The number of carbonyl (C=O) groups is 1. The molecule has 1 aromatic rings. The van der Waals surface area contributed by atoms with E-state index in [1.807, 2.05) is 12.1 Å². The third-order valence-electron chi connectivity index (χ3n) is 1.83. The first-order valence-corrected chi connectivity index (χ1v) is 4.12. The molecule has 0 saturated carbocycles. The maximum absolute atomic E-state index is 10.6. The van der Waals surface area contributed by atoms with Crippen molar-refractivity contribution in [1.82, 2.24) is 0 Å². The van der Waals surface area contributed by atoms with Crippen LogP contribution < -0.4 is 0 Å². The van der Waals surface area contributed by atoms with Gasteiger partial charge in [0.2, 0.25) is 0 Å². The van der Waals surface area contributed by atoms with E-state index in [2.05, 4.69) is 5.92 Å². The van der Waals surface area contributed by atoms with Crippen molar-refractivity contribution in [1.29, 1.82) is 0 Å². The van der Waals surface area contributed by atoms with Crippen LogP contribution >= 0.6 is 0 Å². The quantitative estimate of drug-likeness (QED) is 0.567. The van der Waals surface area contributed by atoms with E-state index in [4.69, 9.17) is 11.5 Å². The summed E-state index contributed by atoms with van der Waals surface area (Å²) in [5, 5.41) is 8.69. The molecule has 0 atom stereocenters. The van der Waals surface area contributed by atoms with Crippen molar-refractivity contribution in [2.75, 3.05) is 0 Å². The van der Waals surface area contributed by atoms with Crippen LogP contribution in [0, 0.1) is 12.3 Å². The molecule has 0 unspecified atom stereocenters. The Morgan fingerprint density at radius 3 is 2.71 bits per heavy atom. The minimum atomic E-state index is -0.933. The van der Waals surface area contributed by atoms with Crippen molar-refractivity contribution < 1.29 is 9.90 Å². The summed E-state index contributed by atoms with van der Waals surface area (Å²) in [4.78, 5) is 10.6.